The summed E-state index contributed by atoms with van der Waals surface area (Å²) in [6, 6.07) is 10.6. The number of rotatable bonds is 4. The van der Waals surface area contributed by atoms with E-state index in [4.69, 9.17) is 0 Å². The molecular formula is C17H14N2O5. The van der Waals surface area contributed by atoms with E-state index in [9.17, 15) is 24.8 Å². The Labute approximate surface area is 137 Å². The number of carbonyl (C=O) groups excluding carboxylic acids is 2. The minimum Gasteiger partial charge on any atom is -0.375 e. The van der Waals surface area contributed by atoms with E-state index < -0.39 is 28.6 Å². The summed E-state index contributed by atoms with van der Waals surface area (Å²) >= 11 is 0. The highest BCUT2D eigenvalue weighted by Gasteiger charge is 2.46. The number of benzene rings is 2. The average molecular weight is 326 g/mol. The number of nitro groups is 1. The van der Waals surface area contributed by atoms with Crippen molar-refractivity contribution < 1.29 is 19.6 Å². The molecule has 1 atom stereocenters. The van der Waals surface area contributed by atoms with Crippen molar-refractivity contribution in [2.75, 3.05) is 5.32 Å². The third-order valence-corrected chi connectivity index (χ3v) is 4.14. The van der Waals surface area contributed by atoms with Gasteiger partial charge in [0, 0.05) is 28.4 Å². The van der Waals surface area contributed by atoms with Crippen LogP contribution in [0.1, 0.15) is 27.9 Å². The lowest BCUT2D eigenvalue weighted by Gasteiger charge is -2.20. The molecule has 0 spiro atoms. The third-order valence-electron chi connectivity index (χ3n) is 4.14. The van der Waals surface area contributed by atoms with Crippen molar-refractivity contribution in [3.63, 3.8) is 0 Å². The Hall–Kier alpha value is -3.06. The largest absolute Gasteiger partial charge is 0.375 e. The van der Waals surface area contributed by atoms with Crippen molar-refractivity contribution in [1.82, 2.24) is 0 Å². The molecule has 0 radical (unpaired) electrons. The van der Waals surface area contributed by atoms with Crippen LogP contribution >= 0.6 is 0 Å². The van der Waals surface area contributed by atoms with E-state index in [0.29, 0.717) is 16.8 Å². The number of anilines is 1. The monoisotopic (exact) mass is 326 g/mol. The number of aryl methyl sites for hydroxylation is 1. The molecule has 122 valence electrons. The van der Waals surface area contributed by atoms with Crippen LogP contribution in [-0.2, 0) is 10.4 Å². The molecule has 2 aromatic carbocycles. The first kappa shape index (κ1) is 15.8. The van der Waals surface area contributed by atoms with E-state index in [1.807, 2.05) is 0 Å². The average Bonchev–Trinajstić information content (AvgIpc) is 2.79. The molecule has 0 aromatic heterocycles. The number of nitrogens with one attached hydrogen (secondary N) is 1. The van der Waals surface area contributed by atoms with E-state index in [-0.39, 0.29) is 11.3 Å². The summed E-state index contributed by atoms with van der Waals surface area (Å²) in [7, 11) is 0. The quantitative estimate of drug-likeness (QED) is 0.509. The normalized spacial score (nSPS) is 18.8. The predicted octanol–water partition coefficient (Wildman–Crippen LogP) is 2.32. The lowest BCUT2D eigenvalue weighted by Crippen LogP contribution is -2.36. The highest BCUT2D eigenvalue weighted by molar-refractivity contribution is 6.09. The summed E-state index contributed by atoms with van der Waals surface area (Å²) < 4.78 is 0. The van der Waals surface area contributed by atoms with Crippen LogP contribution in [0.2, 0.25) is 0 Å². The van der Waals surface area contributed by atoms with E-state index in [1.54, 1.807) is 31.2 Å². The first-order valence-electron chi connectivity index (χ1n) is 7.24. The number of nitro benzene ring substituents is 1. The van der Waals surface area contributed by atoms with Gasteiger partial charge in [-0.1, -0.05) is 30.3 Å². The number of para-hydroxylation sites is 1. The molecule has 0 fully saturated rings. The molecule has 7 nitrogen and oxygen atoms in total. The molecule has 24 heavy (non-hydrogen) atoms. The zero-order chi connectivity index (χ0) is 17.5. The number of hydrogen-bond acceptors (Lipinski definition) is 5. The number of amides is 1. The van der Waals surface area contributed by atoms with Gasteiger partial charge in [-0.2, -0.15) is 0 Å². The van der Waals surface area contributed by atoms with Crippen molar-refractivity contribution in [3.05, 3.63) is 69.3 Å². The minimum atomic E-state index is -1.98. The van der Waals surface area contributed by atoms with Crippen molar-refractivity contribution >= 4 is 23.1 Å². The second-order valence-electron chi connectivity index (χ2n) is 5.72. The number of fused-ring (bicyclic) bond motifs is 1. The van der Waals surface area contributed by atoms with Crippen molar-refractivity contribution in [2.45, 2.75) is 18.9 Å². The molecular weight excluding hydrogens is 312 g/mol. The predicted molar refractivity (Wildman–Crippen MR) is 85.7 cm³/mol. The first-order chi connectivity index (χ1) is 11.3. The molecule has 0 aliphatic carbocycles. The van der Waals surface area contributed by atoms with E-state index in [0.717, 1.165) is 0 Å². The van der Waals surface area contributed by atoms with Gasteiger partial charge in [0.15, 0.2) is 11.4 Å². The Balaban J connectivity index is 1.94. The highest BCUT2D eigenvalue weighted by Crippen LogP contribution is 2.39. The van der Waals surface area contributed by atoms with Crippen LogP contribution in [0.15, 0.2) is 42.5 Å². The summed E-state index contributed by atoms with van der Waals surface area (Å²) in [6.45, 7) is 1.57. The van der Waals surface area contributed by atoms with Gasteiger partial charge in [-0.3, -0.25) is 19.7 Å². The fraction of sp³-hybridized carbons (Fsp3) is 0.176. The van der Waals surface area contributed by atoms with Crippen LogP contribution in [0.4, 0.5) is 11.4 Å². The number of carbonyl (C=O) groups is 2. The Kier molecular flexibility index (Phi) is 3.65. The smallest absolute Gasteiger partial charge is 0.273 e. The van der Waals surface area contributed by atoms with Gasteiger partial charge in [-0.05, 0) is 13.0 Å². The Bertz CT molecular complexity index is 877. The Morgan fingerprint density at radius 1 is 1.29 bits per heavy atom. The summed E-state index contributed by atoms with van der Waals surface area (Å²) in [6.07, 6.45) is -0.490. The van der Waals surface area contributed by atoms with Crippen LogP contribution in [0.5, 0.6) is 0 Å². The second kappa shape index (κ2) is 5.54. The molecule has 2 aromatic rings. The fourth-order valence-electron chi connectivity index (χ4n) is 2.79. The molecule has 0 unspecified atom stereocenters. The van der Waals surface area contributed by atoms with E-state index in [2.05, 4.69) is 5.32 Å². The molecule has 1 aliphatic rings. The van der Waals surface area contributed by atoms with Gasteiger partial charge in [0.05, 0.1) is 11.3 Å². The summed E-state index contributed by atoms with van der Waals surface area (Å²) in [4.78, 5) is 35.0. The summed E-state index contributed by atoms with van der Waals surface area (Å²) in [5.41, 5.74) is -0.869. The second-order valence-corrected chi connectivity index (χ2v) is 5.72. The standard InChI is InChI=1S/C17H14N2O5/c1-10-6-7-11(8-14(10)19(23)24)15(20)9-17(22)12-4-2-3-5-13(12)18-16(17)21/h2-8,22H,9H2,1H3,(H,18,21)/t17-/m0/s1. The summed E-state index contributed by atoms with van der Waals surface area (Å²) in [5.74, 6) is -1.23. The maximum atomic E-state index is 12.5. The molecule has 0 saturated heterocycles. The van der Waals surface area contributed by atoms with Crippen molar-refractivity contribution in [1.29, 1.82) is 0 Å². The summed E-state index contributed by atoms with van der Waals surface area (Å²) in [5, 5.41) is 24.2. The van der Waals surface area contributed by atoms with Crippen LogP contribution < -0.4 is 5.32 Å². The molecule has 0 bridgehead atoms. The molecule has 3 rings (SSSR count). The third kappa shape index (κ3) is 2.44. The van der Waals surface area contributed by atoms with Gasteiger partial charge in [0.2, 0.25) is 0 Å². The fourth-order valence-corrected chi connectivity index (χ4v) is 2.79. The number of nitrogens with zero attached hydrogens (tertiary/aromatic N) is 1. The molecule has 2 N–H and O–H groups in total. The Morgan fingerprint density at radius 3 is 2.71 bits per heavy atom. The van der Waals surface area contributed by atoms with Crippen LogP contribution in [0.3, 0.4) is 0 Å². The molecule has 7 heteroatoms. The molecule has 0 saturated carbocycles. The van der Waals surface area contributed by atoms with Gasteiger partial charge < -0.3 is 10.4 Å². The van der Waals surface area contributed by atoms with Crippen molar-refractivity contribution in [3.8, 4) is 0 Å². The first-order valence-corrected chi connectivity index (χ1v) is 7.24. The van der Waals surface area contributed by atoms with Crippen LogP contribution in [0, 0.1) is 17.0 Å². The Morgan fingerprint density at radius 2 is 2.00 bits per heavy atom. The highest BCUT2D eigenvalue weighted by atomic mass is 16.6. The molecule has 1 amide bonds. The lowest BCUT2D eigenvalue weighted by molar-refractivity contribution is -0.385. The number of ketones is 1. The van der Waals surface area contributed by atoms with Gasteiger partial charge in [-0.25, -0.2) is 0 Å². The maximum Gasteiger partial charge on any atom is 0.273 e. The zero-order valence-corrected chi connectivity index (χ0v) is 12.8. The number of hydrogen-bond donors (Lipinski definition) is 2. The van der Waals surface area contributed by atoms with Gasteiger partial charge >= 0.3 is 0 Å². The van der Waals surface area contributed by atoms with Crippen LogP contribution in [-0.4, -0.2) is 21.7 Å². The minimum absolute atomic E-state index is 0.0814. The topological polar surface area (TPSA) is 110 Å². The van der Waals surface area contributed by atoms with Crippen molar-refractivity contribution in [2.24, 2.45) is 0 Å². The van der Waals surface area contributed by atoms with Gasteiger partial charge in [-0.15, -0.1) is 0 Å². The zero-order valence-electron chi connectivity index (χ0n) is 12.8. The SMILES string of the molecule is Cc1ccc(C(=O)C[C@@]2(O)C(=O)Nc3ccccc32)cc1[N+](=O)[O-]. The van der Waals surface area contributed by atoms with E-state index in [1.165, 1.54) is 18.2 Å². The number of Topliss-reactive ketones (excluding diaryl/α,β-unsaturated/α-hetero) is 1. The molecule has 1 heterocycles. The van der Waals surface area contributed by atoms with Gasteiger partial charge in [0.25, 0.3) is 11.6 Å². The van der Waals surface area contributed by atoms with Crippen LogP contribution in [0.25, 0.3) is 0 Å². The van der Waals surface area contributed by atoms with E-state index >= 15 is 0 Å². The molecule has 1 aliphatic heterocycles. The van der Waals surface area contributed by atoms with Gasteiger partial charge in [0.1, 0.15) is 0 Å². The number of aliphatic hydroxyl groups is 1. The maximum absolute atomic E-state index is 12.5. The lowest BCUT2D eigenvalue weighted by atomic mass is 9.88.